The first kappa shape index (κ1) is 17.5. The molecule has 7 heteroatoms. The van der Waals surface area contributed by atoms with Crippen LogP contribution in [0.5, 0.6) is 0 Å². The fourth-order valence-corrected chi connectivity index (χ4v) is 2.11. The number of amides is 1. The third-order valence-electron chi connectivity index (χ3n) is 3.13. The molecule has 0 aliphatic rings. The third-order valence-corrected chi connectivity index (χ3v) is 3.13. The summed E-state index contributed by atoms with van der Waals surface area (Å²) in [7, 11) is 0. The number of rotatable bonds is 4. The molecule has 2 rings (SSSR count). The number of hydrogen-bond donors (Lipinski definition) is 2. The second-order valence-electron chi connectivity index (χ2n) is 6.27. The smallest absolute Gasteiger partial charge is 0.408 e. The predicted molar refractivity (Wildman–Crippen MR) is 84.4 cm³/mol. The van der Waals surface area contributed by atoms with Crippen LogP contribution >= 0.6 is 0 Å². The van der Waals surface area contributed by atoms with Gasteiger partial charge in [0.15, 0.2) is 6.33 Å². The second kappa shape index (κ2) is 7.13. The summed E-state index contributed by atoms with van der Waals surface area (Å²) in [6.45, 7) is 5.27. The maximum Gasteiger partial charge on any atom is 0.408 e. The number of imidazole rings is 1. The van der Waals surface area contributed by atoms with Crippen LogP contribution in [0.2, 0.25) is 0 Å². The molecule has 0 bridgehead atoms. The lowest BCUT2D eigenvalue weighted by Crippen LogP contribution is -2.35. The van der Waals surface area contributed by atoms with E-state index in [-0.39, 0.29) is 5.56 Å². The largest absolute Gasteiger partial charge is 0.444 e. The number of nitrogens with one attached hydrogen (secondary N) is 2. The van der Waals surface area contributed by atoms with E-state index in [1.807, 2.05) is 0 Å². The molecular weight excluding hydrogens is 311 g/mol. The summed E-state index contributed by atoms with van der Waals surface area (Å²) in [5.41, 5.74) is 0.546. The number of benzene rings is 1. The zero-order valence-electron chi connectivity index (χ0n) is 13.7. The summed E-state index contributed by atoms with van der Waals surface area (Å²) in [5.74, 6) is -0.637. The number of alkyl carbamates (subject to hydrolysis) is 1. The van der Waals surface area contributed by atoms with Crippen LogP contribution in [0, 0.1) is 23.5 Å². The Labute approximate surface area is 139 Å². The lowest BCUT2D eigenvalue weighted by molar-refractivity contribution is 0.0503. The van der Waals surface area contributed by atoms with Crippen LogP contribution < -0.4 is 5.32 Å². The number of ether oxygens (including phenoxy) is 1. The molecule has 0 spiro atoms. The standard InChI is InChI=1S/C17H18FN4O2/c1-17(2,3)24-16(23)22-15(7-13-9-20-10-21-13)11-4-5-12(8-19)14(18)6-11/h4-6,9,15H,7H2,1-3H3,(H,20,21)(H,22,23). The van der Waals surface area contributed by atoms with Gasteiger partial charge in [0, 0.05) is 18.3 Å². The molecule has 0 fully saturated rings. The van der Waals surface area contributed by atoms with Crippen molar-refractivity contribution in [3.8, 4) is 6.07 Å². The van der Waals surface area contributed by atoms with Gasteiger partial charge < -0.3 is 15.0 Å². The number of nitrogens with zero attached hydrogens (tertiary/aromatic N) is 2. The number of aromatic amines is 1. The number of nitriles is 1. The first-order valence-electron chi connectivity index (χ1n) is 7.37. The molecule has 1 unspecified atom stereocenters. The summed E-state index contributed by atoms with van der Waals surface area (Å²) in [6.07, 6.45) is 3.88. The summed E-state index contributed by atoms with van der Waals surface area (Å²) >= 11 is 0. The van der Waals surface area contributed by atoms with Crippen LogP contribution in [0.1, 0.15) is 43.6 Å². The summed E-state index contributed by atoms with van der Waals surface area (Å²) in [5, 5.41) is 11.6. The molecule has 1 aromatic heterocycles. The quantitative estimate of drug-likeness (QED) is 0.902. The van der Waals surface area contributed by atoms with Gasteiger partial charge in [-0.25, -0.2) is 14.2 Å². The summed E-state index contributed by atoms with van der Waals surface area (Å²) in [4.78, 5) is 18.7. The number of carbonyl (C=O) groups is 1. The van der Waals surface area contributed by atoms with Gasteiger partial charge in [0.25, 0.3) is 0 Å². The Kier molecular flexibility index (Phi) is 5.19. The van der Waals surface area contributed by atoms with Crippen molar-refractivity contribution in [2.75, 3.05) is 0 Å². The van der Waals surface area contributed by atoms with Crippen LogP contribution in [0.4, 0.5) is 9.18 Å². The third kappa shape index (κ3) is 4.81. The molecule has 2 N–H and O–H groups in total. The molecule has 1 heterocycles. The Balaban J connectivity index is 2.24. The normalized spacial score (nSPS) is 12.3. The van der Waals surface area contributed by atoms with E-state index in [0.29, 0.717) is 12.0 Å². The van der Waals surface area contributed by atoms with E-state index >= 15 is 0 Å². The molecule has 6 nitrogen and oxygen atoms in total. The summed E-state index contributed by atoms with van der Waals surface area (Å²) < 4.78 is 19.2. The van der Waals surface area contributed by atoms with Crippen molar-refractivity contribution in [1.82, 2.24) is 15.3 Å². The Morgan fingerprint density at radius 3 is 2.83 bits per heavy atom. The second-order valence-corrected chi connectivity index (χ2v) is 6.27. The van der Waals surface area contributed by atoms with Crippen LogP contribution in [-0.4, -0.2) is 21.7 Å². The van der Waals surface area contributed by atoms with Gasteiger partial charge in [0.1, 0.15) is 17.5 Å². The van der Waals surface area contributed by atoms with Gasteiger partial charge in [-0.3, -0.25) is 0 Å². The van der Waals surface area contributed by atoms with E-state index in [1.165, 1.54) is 12.1 Å². The van der Waals surface area contributed by atoms with Crippen LogP contribution in [0.25, 0.3) is 0 Å². The van der Waals surface area contributed by atoms with Crippen molar-refractivity contribution in [3.05, 3.63) is 53.4 Å². The monoisotopic (exact) mass is 329 g/mol. The molecule has 0 aliphatic carbocycles. The number of halogens is 1. The van der Waals surface area contributed by atoms with Gasteiger partial charge in [0.2, 0.25) is 0 Å². The highest BCUT2D eigenvalue weighted by molar-refractivity contribution is 5.68. The fourth-order valence-electron chi connectivity index (χ4n) is 2.11. The molecule has 0 saturated heterocycles. The van der Waals surface area contributed by atoms with Gasteiger partial charge in [-0.2, -0.15) is 5.26 Å². The van der Waals surface area contributed by atoms with Gasteiger partial charge in [-0.05, 0) is 38.5 Å². The van der Waals surface area contributed by atoms with E-state index in [4.69, 9.17) is 10.00 Å². The molecule has 0 saturated carbocycles. The lowest BCUT2D eigenvalue weighted by Gasteiger charge is -2.24. The average molecular weight is 329 g/mol. The number of hydrogen-bond acceptors (Lipinski definition) is 4. The van der Waals surface area contributed by atoms with Crippen molar-refractivity contribution < 1.29 is 13.9 Å². The van der Waals surface area contributed by atoms with E-state index in [0.717, 1.165) is 5.69 Å². The minimum atomic E-state index is -0.647. The predicted octanol–water partition coefficient (Wildman–Crippen LogP) is 3.03. The highest BCUT2D eigenvalue weighted by Crippen LogP contribution is 2.21. The highest BCUT2D eigenvalue weighted by Gasteiger charge is 2.22. The average Bonchev–Trinajstić information content (AvgIpc) is 2.97. The zero-order valence-corrected chi connectivity index (χ0v) is 13.7. The highest BCUT2D eigenvalue weighted by atomic mass is 19.1. The Hall–Kier alpha value is -2.88. The van der Waals surface area contributed by atoms with Crippen molar-refractivity contribution in [3.63, 3.8) is 0 Å². The lowest BCUT2D eigenvalue weighted by atomic mass is 10.0. The van der Waals surface area contributed by atoms with Crippen LogP contribution in [-0.2, 0) is 11.2 Å². The number of carbonyl (C=O) groups excluding carboxylic acids is 1. The maximum atomic E-state index is 13.9. The van der Waals surface area contributed by atoms with Crippen molar-refractivity contribution >= 4 is 6.09 Å². The zero-order chi connectivity index (χ0) is 17.7. The Morgan fingerprint density at radius 1 is 1.54 bits per heavy atom. The van der Waals surface area contributed by atoms with Crippen molar-refractivity contribution in [1.29, 1.82) is 5.26 Å². The summed E-state index contributed by atoms with van der Waals surface area (Å²) in [6, 6.07) is 5.45. The molecule has 125 valence electrons. The van der Waals surface area contributed by atoms with Crippen molar-refractivity contribution in [2.45, 2.75) is 38.8 Å². The minimum Gasteiger partial charge on any atom is -0.444 e. The van der Waals surface area contributed by atoms with E-state index < -0.39 is 23.6 Å². The maximum absolute atomic E-state index is 13.9. The fraction of sp³-hybridized carbons (Fsp3) is 0.353. The van der Waals surface area contributed by atoms with Gasteiger partial charge in [-0.1, -0.05) is 6.07 Å². The van der Waals surface area contributed by atoms with E-state index in [1.54, 1.807) is 39.1 Å². The number of aromatic nitrogens is 2. The van der Waals surface area contributed by atoms with Gasteiger partial charge in [0.05, 0.1) is 11.6 Å². The first-order chi connectivity index (χ1) is 11.3. The number of H-pyrrole nitrogens is 1. The molecular formula is C17H18FN4O2. The van der Waals surface area contributed by atoms with Crippen LogP contribution in [0.3, 0.4) is 0 Å². The topological polar surface area (TPSA) is 90.8 Å². The molecule has 0 aliphatic heterocycles. The minimum absolute atomic E-state index is 0.0513. The SMILES string of the molecule is CC(C)(C)OC(=O)NC(Cc1cn[c][nH]1)c1ccc(C#N)c(F)c1. The molecule has 1 atom stereocenters. The van der Waals surface area contributed by atoms with Crippen LogP contribution in [0.15, 0.2) is 24.4 Å². The molecule has 2 aromatic rings. The molecule has 1 aromatic carbocycles. The van der Waals surface area contributed by atoms with Crippen molar-refractivity contribution in [2.24, 2.45) is 0 Å². The Morgan fingerprint density at radius 2 is 2.29 bits per heavy atom. The molecule has 1 amide bonds. The molecule has 1 radical (unpaired) electrons. The Bertz CT molecular complexity index is 745. The first-order valence-corrected chi connectivity index (χ1v) is 7.37. The van der Waals surface area contributed by atoms with Gasteiger partial charge in [-0.15, -0.1) is 0 Å². The molecule has 24 heavy (non-hydrogen) atoms. The van der Waals surface area contributed by atoms with E-state index in [2.05, 4.69) is 21.6 Å². The van der Waals surface area contributed by atoms with Gasteiger partial charge >= 0.3 is 6.09 Å². The van der Waals surface area contributed by atoms with E-state index in [9.17, 15) is 9.18 Å².